The Labute approximate surface area is 161 Å². The van der Waals surface area contributed by atoms with Gasteiger partial charge in [-0.1, -0.05) is 34.1 Å². The van der Waals surface area contributed by atoms with E-state index < -0.39 is 22.8 Å². The SMILES string of the molecule is Cc1ccc(/C=C2\C(=O)NC(=O)N(c3cccc(Br)c3)C2=O)cc1[N+](=O)[O-]. The molecule has 136 valence electrons. The summed E-state index contributed by atoms with van der Waals surface area (Å²) >= 11 is 3.26. The fourth-order valence-electron chi connectivity index (χ4n) is 2.59. The monoisotopic (exact) mass is 429 g/mol. The number of urea groups is 1. The molecular weight excluding hydrogens is 418 g/mol. The summed E-state index contributed by atoms with van der Waals surface area (Å²) in [7, 11) is 0. The average Bonchev–Trinajstić information content (AvgIpc) is 2.59. The second kappa shape index (κ2) is 7.12. The molecule has 0 radical (unpaired) electrons. The Hall–Kier alpha value is -3.33. The van der Waals surface area contributed by atoms with Crippen molar-refractivity contribution in [3.8, 4) is 0 Å². The van der Waals surface area contributed by atoms with Crippen molar-refractivity contribution in [3.05, 3.63) is 73.8 Å². The normalized spacial score (nSPS) is 15.9. The van der Waals surface area contributed by atoms with Crippen LogP contribution in [0.2, 0.25) is 0 Å². The number of aryl methyl sites for hydroxylation is 1. The zero-order valence-corrected chi connectivity index (χ0v) is 15.5. The highest BCUT2D eigenvalue weighted by atomic mass is 79.9. The number of anilines is 1. The number of nitrogens with zero attached hydrogens (tertiary/aromatic N) is 2. The number of amides is 4. The van der Waals surface area contributed by atoms with E-state index in [1.807, 2.05) is 0 Å². The maximum atomic E-state index is 12.8. The molecule has 0 unspecified atom stereocenters. The average molecular weight is 430 g/mol. The van der Waals surface area contributed by atoms with Gasteiger partial charge in [0.2, 0.25) is 0 Å². The lowest BCUT2D eigenvalue weighted by Gasteiger charge is -2.26. The number of nitro groups is 1. The molecule has 1 heterocycles. The molecule has 1 N–H and O–H groups in total. The maximum Gasteiger partial charge on any atom is 0.335 e. The molecule has 0 aliphatic carbocycles. The summed E-state index contributed by atoms with van der Waals surface area (Å²) in [5.74, 6) is -1.68. The van der Waals surface area contributed by atoms with E-state index in [2.05, 4.69) is 21.2 Å². The van der Waals surface area contributed by atoms with Crippen LogP contribution in [-0.2, 0) is 9.59 Å². The number of imide groups is 2. The van der Waals surface area contributed by atoms with Crippen LogP contribution in [0.25, 0.3) is 6.08 Å². The van der Waals surface area contributed by atoms with Gasteiger partial charge in [0.25, 0.3) is 17.5 Å². The largest absolute Gasteiger partial charge is 0.335 e. The van der Waals surface area contributed by atoms with Crippen molar-refractivity contribution in [2.24, 2.45) is 0 Å². The van der Waals surface area contributed by atoms with Crippen molar-refractivity contribution in [2.45, 2.75) is 6.92 Å². The number of hydrogen-bond donors (Lipinski definition) is 1. The number of nitrogens with one attached hydrogen (secondary N) is 1. The topological polar surface area (TPSA) is 110 Å². The molecule has 0 aromatic heterocycles. The number of halogens is 1. The van der Waals surface area contributed by atoms with Crippen molar-refractivity contribution in [3.63, 3.8) is 0 Å². The molecule has 0 atom stereocenters. The van der Waals surface area contributed by atoms with Gasteiger partial charge in [0, 0.05) is 16.1 Å². The molecule has 0 saturated carbocycles. The van der Waals surface area contributed by atoms with E-state index in [0.29, 0.717) is 15.6 Å². The fourth-order valence-corrected chi connectivity index (χ4v) is 2.97. The minimum absolute atomic E-state index is 0.132. The standard InChI is InChI=1S/C18H12BrN3O5/c1-10-5-6-11(8-15(10)22(26)27)7-14-16(23)20-18(25)21(17(14)24)13-4-2-3-12(19)9-13/h2-9H,1H3,(H,20,23,25)/b14-7+. The second-order valence-corrected chi connectivity index (χ2v) is 6.66. The number of carbonyl (C=O) groups is 3. The molecule has 1 aliphatic heterocycles. The summed E-state index contributed by atoms with van der Waals surface area (Å²) in [6.07, 6.45) is 1.22. The van der Waals surface area contributed by atoms with E-state index in [1.54, 1.807) is 37.3 Å². The number of nitro benzene ring substituents is 1. The predicted octanol–water partition coefficient (Wildman–Crippen LogP) is 3.33. The highest BCUT2D eigenvalue weighted by Gasteiger charge is 2.36. The minimum Gasteiger partial charge on any atom is -0.273 e. The molecule has 1 saturated heterocycles. The van der Waals surface area contributed by atoms with Crippen LogP contribution in [0.3, 0.4) is 0 Å². The predicted molar refractivity (Wildman–Crippen MR) is 101 cm³/mol. The van der Waals surface area contributed by atoms with Crippen molar-refractivity contribution in [1.29, 1.82) is 0 Å². The first-order chi connectivity index (χ1) is 12.8. The maximum absolute atomic E-state index is 12.8. The molecule has 0 spiro atoms. The highest BCUT2D eigenvalue weighted by Crippen LogP contribution is 2.26. The molecule has 9 heteroatoms. The van der Waals surface area contributed by atoms with Crippen molar-refractivity contribution in [1.82, 2.24) is 5.32 Å². The van der Waals surface area contributed by atoms with Gasteiger partial charge in [-0.25, -0.2) is 9.69 Å². The van der Waals surface area contributed by atoms with Crippen LogP contribution in [-0.4, -0.2) is 22.8 Å². The third-order valence-electron chi connectivity index (χ3n) is 3.91. The molecule has 27 heavy (non-hydrogen) atoms. The summed E-state index contributed by atoms with van der Waals surface area (Å²) in [5.41, 5.74) is 0.600. The first kappa shape index (κ1) is 18.5. The number of rotatable bonds is 3. The Bertz CT molecular complexity index is 1030. The molecule has 4 amide bonds. The summed E-state index contributed by atoms with van der Waals surface area (Å²) in [6.45, 7) is 1.58. The lowest BCUT2D eigenvalue weighted by Crippen LogP contribution is -2.54. The van der Waals surface area contributed by atoms with Gasteiger partial charge >= 0.3 is 6.03 Å². The van der Waals surface area contributed by atoms with Gasteiger partial charge in [0.1, 0.15) is 5.57 Å². The van der Waals surface area contributed by atoms with E-state index in [4.69, 9.17) is 0 Å². The van der Waals surface area contributed by atoms with Crippen LogP contribution in [0.4, 0.5) is 16.2 Å². The molecule has 2 aromatic rings. The quantitative estimate of drug-likeness (QED) is 0.348. The number of benzene rings is 2. The zero-order chi connectivity index (χ0) is 19.7. The smallest absolute Gasteiger partial charge is 0.273 e. The van der Waals surface area contributed by atoms with Crippen molar-refractivity contribution in [2.75, 3.05) is 4.90 Å². The zero-order valence-electron chi connectivity index (χ0n) is 13.9. The number of hydrogen-bond acceptors (Lipinski definition) is 5. The van der Waals surface area contributed by atoms with E-state index in [-0.39, 0.29) is 16.9 Å². The molecular formula is C18H12BrN3O5. The number of barbiturate groups is 1. The van der Waals surface area contributed by atoms with Gasteiger partial charge in [-0.2, -0.15) is 0 Å². The molecule has 8 nitrogen and oxygen atoms in total. The lowest BCUT2D eigenvalue weighted by molar-refractivity contribution is -0.385. The van der Waals surface area contributed by atoms with E-state index in [1.165, 1.54) is 18.2 Å². The summed E-state index contributed by atoms with van der Waals surface area (Å²) in [4.78, 5) is 48.5. The lowest BCUT2D eigenvalue weighted by atomic mass is 10.0. The molecule has 0 bridgehead atoms. The van der Waals surface area contributed by atoms with Gasteiger partial charge in [0.05, 0.1) is 10.6 Å². The van der Waals surface area contributed by atoms with Gasteiger partial charge in [-0.3, -0.25) is 25.0 Å². The van der Waals surface area contributed by atoms with Crippen LogP contribution in [0.5, 0.6) is 0 Å². The van der Waals surface area contributed by atoms with Gasteiger partial charge in [-0.15, -0.1) is 0 Å². The summed E-state index contributed by atoms with van der Waals surface area (Å²) in [6, 6.07) is 9.95. The Balaban J connectivity index is 2.04. The van der Waals surface area contributed by atoms with Gasteiger partial charge < -0.3 is 0 Å². The number of carbonyl (C=O) groups excluding carboxylic acids is 3. The summed E-state index contributed by atoms with van der Waals surface area (Å²) < 4.78 is 0.650. The minimum atomic E-state index is -0.866. The third kappa shape index (κ3) is 3.63. The van der Waals surface area contributed by atoms with Crippen LogP contribution in [0.1, 0.15) is 11.1 Å². The van der Waals surface area contributed by atoms with Crippen LogP contribution >= 0.6 is 15.9 Å². The van der Waals surface area contributed by atoms with E-state index in [0.717, 1.165) is 4.90 Å². The second-order valence-electron chi connectivity index (χ2n) is 5.74. The first-order valence-corrected chi connectivity index (χ1v) is 8.49. The Kier molecular flexibility index (Phi) is 4.87. The Morgan fingerprint density at radius 1 is 1.15 bits per heavy atom. The Morgan fingerprint density at radius 3 is 2.56 bits per heavy atom. The fraction of sp³-hybridized carbons (Fsp3) is 0.0556. The van der Waals surface area contributed by atoms with Crippen LogP contribution in [0, 0.1) is 17.0 Å². The van der Waals surface area contributed by atoms with E-state index in [9.17, 15) is 24.5 Å². The van der Waals surface area contributed by atoms with Crippen molar-refractivity contribution < 1.29 is 19.3 Å². The van der Waals surface area contributed by atoms with Crippen LogP contribution < -0.4 is 10.2 Å². The molecule has 2 aromatic carbocycles. The molecule has 1 fully saturated rings. The Morgan fingerprint density at radius 2 is 1.89 bits per heavy atom. The molecule has 3 rings (SSSR count). The van der Waals surface area contributed by atoms with Crippen LogP contribution in [0.15, 0.2) is 52.5 Å². The van der Waals surface area contributed by atoms with Crippen molar-refractivity contribution >= 4 is 51.2 Å². The first-order valence-electron chi connectivity index (χ1n) is 7.70. The van der Waals surface area contributed by atoms with Gasteiger partial charge in [-0.05, 0) is 36.8 Å². The molecule has 1 aliphatic rings. The highest BCUT2D eigenvalue weighted by molar-refractivity contribution is 9.10. The van der Waals surface area contributed by atoms with Gasteiger partial charge in [0.15, 0.2) is 0 Å². The summed E-state index contributed by atoms with van der Waals surface area (Å²) in [5, 5.41) is 13.2. The third-order valence-corrected chi connectivity index (χ3v) is 4.40. The van der Waals surface area contributed by atoms with E-state index >= 15 is 0 Å².